The number of halogens is 1. The van der Waals surface area contributed by atoms with E-state index in [0.29, 0.717) is 6.42 Å². The second-order valence-corrected chi connectivity index (χ2v) is 6.93. The molecule has 1 amide bonds. The largest absolute Gasteiger partial charge is 0.465 e. The van der Waals surface area contributed by atoms with Crippen LogP contribution in [-0.4, -0.2) is 29.3 Å². The van der Waals surface area contributed by atoms with Crippen molar-refractivity contribution in [2.24, 2.45) is 0 Å². The molecule has 0 radical (unpaired) electrons. The lowest BCUT2D eigenvalue weighted by atomic mass is 9.89. The maximum absolute atomic E-state index is 12.1. The Morgan fingerprint density at radius 2 is 2.00 bits per heavy atom. The van der Waals surface area contributed by atoms with Gasteiger partial charge < -0.3 is 9.84 Å². The van der Waals surface area contributed by atoms with Gasteiger partial charge in [-0.15, -0.1) is 0 Å². The van der Waals surface area contributed by atoms with Gasteiger partial charge in [-0.05, 0) is 47.9 Å². The van der Waals surface area contributed by atoms with Gasteiger partial charge in [-0.3, -0.25) is 4.90 Å². The molecule has 2 rings (SSSR count). The molecule has 122 valence electrons. The van der Waals surface area contributed by atoms with Crippen molar-refractivity contribution in [3.63, 3.8) is 0 Å². The summed E-state index contributed by atoms with van der Waals surface area (Å²) in [5, 5.41) is 9.92. The van der Waals surface area contributed by atoms with Crippen LogP contribution in [0.2, 0.25) is 0 Å². The Morgan fingerprint density at radius 1 is 1.36 bits per heavy atom. The van der Waals surface area contributed by atoms with Crippen molar-refractivity contribution >= 4 is 28.7 Å². The third-order valence-corrected chi connectivity index (χ3v) is 5.59. The van der Waals surface area contributed by atoms with Gasteiger partial charge in [-0.2, -0.15) is 0 Å². The highest BCUT2D eigenvalue weighted by molar-refractivity contribution is 14.1. The van der Waals surface area contributed by atoms with E-state index in [9.17, 15) is 9.90 Å². The van der Waals surface area contributed by atoms with Gasteiger partial charge in [0.05, 0.1) is 0 Å². The second-order valence-electron chi connectivity index (χ2n) is 5.77. The standard InChI is InChI=1S/C17H24INO3/c1-3-17(22-2,14-11-7-8-12-15(14)18)19(16(20)21)13-9-5-4-6-10-13/h7-8,11-13H,3-6,9-10H2,1-2H3,(H,20,21)/t17-/m1/s1. The average Bonchev–Trinajstić information content (AvgIpc) is 2.54. The summed E-state index contributed by atoms with van der Waals surface area (Å²) in [7, 11) is 1.62. The summed E-state index contributed by atoms with van der Waals surface area (Å²) >= 11 is 2.26. The van der Waals surface area contributed by atoms with Crippen LogP contribution in [0.3, 0.4) is 0 Å². The van der Waals surface area contributed by atoms with Crippen LogP contribution in [0, 0.1) is 3.57 Å². The molecule has 0 heterocycles. The number of hydrogen-bond donors (Lipinski definition) is 1. The van der Waals surface area contributed by atoms with Crippen molar-refractivity contribution < 1.29 is 14.6 Å². The van der Waals surface area contributed by atoms with E-state index < -0.39 is 11.8 Å². The third kappa shape index (κ3) is 3.25. The predicted molar refractivity (Wildman–Crippen MR) is 94.9 cm³/mol. The normalized spacial score (nSPS) is 18.7. The fraction of sp³-hybridized carbons (Fsp3) is 0.588. The smallest absolute Gasteiger partial charge is 0.410 e. The first-order valence-electron chi connectivity index (χ1n) is 7.89. The van der Waals surface area contributed by atoms with Crippen molar-refractivity contribution in [2.75, 3.05) is 7.11 Å². The number of methoxy groups -OCH3 is 1. The van der Waals surface area contributed by atoms with Crippen LogP contribution in [0.5, 0.6) is 0 Å². The van der Waals surface area contributed by atoms with E-state index in [-0.39, 0.29) is 6.04 Å². The summed E-state index contributed by atoms with van der Waals surface area (Å²) in [6.45, 7) is 1.99. The highest BCUT2D eigenvalue weighted by Gasteiger charge is 2.45. The quantitative estimate of drug-likeness (QED) is 0.553. The number of hydrogen-bond acceptors (Lipinski definition) is 2. The van der Waals surface area contributed by atoms with Crippen LogP contribution in [0.4, 0.5) is 4.79 Å². The van der Waals surface area contributed by atoms with Gasteiger partial charge in [0.1, 0.15) is 0 Å². The van der Waals surface area contributed by atoms with Gasteiger partial charge in [0.2, 0.25) is 0 Å². The summed E-state index contributed by atoms with van der Waals surface area (Å²) in [6, 6.07) is 7.92. The molecule has 0 aliphatic heterocycles. The van der Waals surface area contributed by atoms with Crippen LogP contribution in [0.1, 0.15) is 51.0 Å². The van der Waals surface area contributed by atoms with Crippen LogP contribution >= 0.6 is 22.6 Å². The van der Waals surface area contributed by atoms with E-state index in [1.165, 1.54) is 6.42 Å². The topological polar surface area (TPSA) is 49.8 Å². The molecule has 5 heteroatoms. The number of ether oxygens (including phenoxy) is 1. The van der Waals surface area contributed by atoms with Crippen LogP contribution in [0.25, 0.3) is 0 Å². The summed E-state index contributed by atoms with van der Waals surface area (Å²) in [5.41, 5.74) is 0.0274. The van der Waals surface area contributed by atoms with Crippen LogP contribution < -0.4 is 0 Å². The number of nitrogens with zero attached hydrogens (tertiary/aromatic N) is 1. The molecular formula is C17H24INO3. The Bertz CT molecular complexity index is 510. The minimum Gasteiger partial charge on any atom is -0.465 e. The monoisotopic (exact) mass is 417 g/mol. The molecule has 1 saturated carbocycles. The maximum atomic E-state index is 12.1. The Labute approximate surface area is 146 Å². The molecule has 0 bridgehead atoms. The van der Waals surface area contributed by atoms with Crippen molar-refractivity contribution in [2.45, 2.75) is 57.2 Å². The molecule has 0 unspecified atom stereocenters. The van der Waals surface area contributed by atoms with Crippen molar-refractivity contribution in [3.8, 4) is 0 Å². The summed E-state index contributed by atoms with van der Waals surface area (Å²) in [6.07, 6.45) is 4.90. The lowest BCUT2D eigenvalue weighted by Gasteiger charge is -2.46. The molecule has 1 aliphatic carbocycles. The molecule has 0 spiro atoms. The molecule has 1 N–H and O–H groups in total. The van der Waals surface area contributed by atoms with Gasteiger partial charge in [-0.25, -0.2) is 4.79 Å². The fourth-order valence-electron chi connectivity index (χ4n) is 3.57. The van der Waals surface area contributed by atoms with Crippen LogP contribution in [0.15, 0.2) is 24.3 Å². The third-order valence-electron chi connectivity index (χ3n) is 4.65. The molecule has 1 fully saturated rings. The van der Waals surface area contributed by atoms with Crippen molar-refractivity contribution in [1.82, 2.24) is 4.90 Å². The van der Waals surface area contributed by atoms with Gasteiger partial charge in [0.25, 0.3) is 0 Å². The molecular weight excluding hydrogens is 393 g/mol. The molecule has 1 aromatic carbocycles. The van der Waals surface area contributed by atoms with E-state index >= 15 is 0 Å². The highest BCUT2D eigenvalue weighted by atomic mass is 127. The zero-order valence-corrected chi connectivity index (χ0v) is 15.4. The minimum absolute atomic E-state index is 0.0298. The number of carboxylic acid groups (broad SMARTS) is 1. The maximum Gasteiger partial charge on any atom is 0.410 e. The highest BCUT2D eigenvalue weighted by Crippen LogP contribution is 2.40. The van der Waals surface area contributed by atoms with Gasteiger partial charge >= 0.3 is 6.09 Å². The van der Waals surface area contributed by atoms with E-state index in [1.54, 1.807) is 12.0 Å². The van der Waals surface area contributed by atoms with E-state index in [0.717, 1.165) is 34.8 Å². The predicted octanol–water partition coefficient (Wildman–Crippen LogP) is 4.81. The van der Waals surface area contributed by atoms with E-state index in [4.69, 9.17) is 4.74 Å². The van der Waals surface area contributed by atoms with E-state index in [2.05, 4.69) is 22.6 Å². The minimum atomic E-state index is -0.911. The van der Waals surface area contributed by atoms with Crippen molar-refractivity contribution in [1.29, 1.82) is 0 Å². The number of carbonyl (C=O) groups is 1. The number of rotatable bonds is 5. The number of benzene rings is 1. The average molecular weight is 417 g/mol. The Balaban J connectivity index is 2.50. The van der Waals surface area contributed by atoms with Crippen LogP contribution in [-0.2, 0) is 10.5 Å². The summed E-state index contributed by atoms with van der Waals surface area (Å²) < 4.78 is 6.90. The molecule has 4 nitrogen and oxygen atoms in total. The van der Waals surface area contributed by atoms with Crippen molar-refractivity contribution in [3.05, 3.63) is 33.4 Å². The Hall–Kier alpha value is -0.820. The fourth-order valence-corrected chi connectivity index (χ4v) is 4.37. The van der Waals surface area contributed by atoms with Gasteiger partial charge in [0.15, 0.2) is 5.72 Å². The first kappa shape index (κ1) is 17.5. The molecule has 0 aromatic heterocycles. The number of amides is 1. The molecule has 22 heavy (non-hydrogen) atoms. The Kier molecular flexibility index (Phi) is 6.09. The van der Waals surface area contributed by atoms with E-state index in [1.807, 2.05) is 31.2 Å². The van der Waals surface area contributed by atoms with Gasteiger partial charge in [-0.1, -0.05) is 44.4 Å². The summed E-state index contributed by atoms with van der Waals surface area (Å²) in [5.74, 6) is 0. The molecule has 1 aliphatic rings. The zero-order chi connectivity index (χ0) is 16.2. The SMILES string of the molecule is CC[C@@](OC)(c1ccccc1I)N(C(=O)O)C1CCCCC1. The second kappa shape index (κ2) is 7.64. The Morgan fingerprint density at radius 3 is 2.50 bits per heavy atom. The first-order chi connectivity index (χ1) is 10.6. The lowest BCUT2D eigenvalue weighted by Crippen LogP contribution is -2.55. The molecule has 1 atom stereocenters. The summed E-state index contributed by atoms with van der Waals surface area (Å²) in [4.78, 5) is 13.7. The molecule has 1 aromatic rings. The zero-order valence-electron chi connectivity index (χ0n) is 13.2. The van der Waals surface area contributed by atoms with Gasteiger partial charge in [0, 0.05) is 22.3 Å². The lowest BCUT2D eigenvalue weighted by molar-refractivity contribution is -0.150. The first-order valence-corrected chi connectivity index (χ1v) is 8.97. The molecule has 0 saturated heterocycles.